The molecule has 0 amide bonds. The normalized spacial score (nSPS) is 10.9. The van der Waals surface area contributed by atoms with Gasteiger partial charge in [-0.2, -0.15) is 5.10 Å². The van der Waals surface area contributed by atoms with Crippen LogP contribution in [0.2, 0.25) is 0 Å². The van der Waals surface area contributed by atoms with Crippen LogP contribution >= 0.6 is 0 Å². The summed E-state index contributed by atoms with van der Waals surface area (Å²) in [5.41, 5.74) is 3.26. The average molecular weight is 272 g/mol. The summed E-state index contributed by atoms with van der Waals surface area (Å²) in [5.74, 6) is -0.263. The third-order valence-corrected chi connectivity index (χ3v) is 3.05. The molecule has 2 aromatic rings. The number of hydrogen-bond acceptors (Lipinski definition) is 3. The van der Waals surface area contributed by atoms with Crippen molar-refractivity contribution in [2.24, 2.45) is 0 Å². The maximum Gasteiger partial charge on any atom is 0.328 e. The van der Waals surface area contributed by atoms with Crippen molar-refractivity contribution in [3.05, 3.63) is 47.3 Å². The molecule has 5 heteroatoms. The Morgan fingerprint density at radius 2 is 2.05 bits per heavy atom. The van der Waals surface area contributed by atoms with Crippen molar-refractivity contribution in [2.75, 3.05) is 7.11 Å². The fraction of sp³-hybridized carbons (Fsp3) is 0.200. The largest absolute Gasteiger partial charge is 0.494 e. The van der Waals surface area contributed by atoms with Crippen LogP contribution in [0.3, 0.4) is 0 Å². The molecule has 20 heavy (non-hydrogen) atoms. The second-order valence-corrected chi connectivity index (χ2v) is 4.34. The molecule has 0 atom stereocenters. The van der Waals surface area contributed by atoms with Crippen molar-refractivity contribution < 1.29 is 14.6 Å². The van der Waals surface area contributed by atoms with Gasteiger partial charge in [0.15, 0.2) is 0 Å². The molecule has 0 aliphatic rings. The number of carbonyl (C=O) groups is 1. The molecule has 5 nitrogen and oxygen atoms in total. The van der Waals surface area contributed by atoms with Gasteiger partial charge in [0, 0.05) is 17.3 Å². The second-order valence-electron chi connectivity index (χ2n) is 4.34. The number of nitrogens with zero attached hydrogens (tertiary/aromatic N) is 2. The smallest absolute Gasteiger partial charge is 0.328 e. The maximum atomic E-state index is 10.6. The molecule has 2 rings (SSSR count). The van der Waals surface area contributed by atoms with E-state index >= 15 is 0 Å². The van der Waals surface area contributed by atoms with Crippen molar-refractivity contribution in [3.63, 3.8) is 0 Å². The predicted octanol–water partition coefficient (Wildman–Crippen LogP) is 2.60. The number of aliphatic carboxylic acids is 1. The van der Waals surface area contributed by atoms with E-state index in [9.17, 15) is 4.79 Å². The predicted molar refractivity (Wildman–Crippen MR) is 76.3 cm³/mol. The first-order valence-corrected chi connectivity index (χ1v) is 6.15. The lowest BCUT2D eigenvalue weighted by atomic mass is 10.2. The van der Waals surface area contributed by atoms with E-state index in [-0.39, 0.29) is 0 Å². The Kier molecular flexibility index (Phi) is 3.89. The highest BCUT2D eigenvalue weighted by Crippen LogP contribution is 2.25. The van der Waals surface area contributed by atoms with E-state index in [1.807, 2.05) is 38.1 Å². The topological polar surface area (TPSA) is 64.4 Å². The number of aryl methyl sites for hydroxylation is 1. The minimum Gasteiger partial charge on any atom is -0.494 e. The van der Waals surface area contributed by atoms with Crippen LogP contribution < -0.4 is 4.74 Å². The Morgan fingerprint density at radius 1 is 1.35 bits per heavy atom. The monoisotopic (exact) mass is 272 g/mol. The Bertz CT molecular complexity index is 672. The molecule has 0 bridgehead atoms. The molecule has 0 aliphatic heterocycles. The maximum absolute atomic E-state index is 10.6. The molecule has 0 unspecified atom stereocenters. The molecule has 0 fully saturated rings. The van der Waals surface area contributed by atoms with Crippen LogP contribution in [0.15, 0.2) is 30.3 Å². The first-order valence-electron chi connectivity index (χ1n) is 6.15. The third kappa shape index (κ3) is 2.56. The lowest BCUT2D eigenvalue weighted by molar-refractivity contribution is -0.131. The van der Waals surface area contributed by atoms with Crippen molar-refractivity contribution in [1.82, 2.24) is 9.78 Å². The van der Waals surface area contributed by atoms with E-state index in [0.717, 1.165) is 28.7 Å². The minimum absolute atomic E-state index is 0.715. The fourth-order valence-electron chi connectivity index (χ4n) is 2.09. The van der Waals surface area contributed by atoms with Crippen molar-refractivity contribution in [3.8, 4) is 11.4 Å². The number of carboxylic acids is 1. The van der Waals surface area contributed by atoms with Crippen LogP contribution in [-0.2, 0) is 4.79 Å². The summed E-state index contributed by atoms with van der Waals surface area (Å²) in [6, 6.07) is 7.56. The quantitative estimate of drug-likeness (QED) is 0.869. The van der Waals surface area contributed by atoms with Crippen LogP contribution in [0.1, 0.15) is 17.0 Å². The summed E-state index contributed by atoms with van der Waals surface area (Å²) in [4.78, 5) is 10.6. The van der Waals surface area contributed by atoms with E-state index < -0.39 is 5.97 Å². The third-order valence-electron chi connectivity index (χ3n) is 3.05. The summed E-state index contributed by atoms with van der Waals surface area (Å²) in [7, 11) is 1.61. The van der Waals surface area contributed by atoms with Crippen molar-refractivity contribution >= 4 is 12.0 Å². The lowest BCUT2D eigenvalue weighted by Crippen LogP contribution is -2.01. The number of carboxylic acid groups (broad SMARTS) is 1. The van der Waals surface area contributed by atoms with E-state index in [1.54, 1.807) is 17.9 Å². The highest BCUT2D eigenvalue weighted by Gasteiger charge is 2.13. The number of methoxy groups -OCH3 is 1. The highest BCUT2D eigenvalue weighted by molar-refractivity contribution is 5.85. The van der Waals surface area contributed by atoms with Gasteiger partial charge in [-0.1, -0.05) is 12.1 Å². The lowest BCUT2D eigenvalue weighted by Gasteiger charge is -2.09. The van der Waals surface area contributed by atoms with Gasteiger partial charge in [0.1, 0.15) is 11.4 Å². The SMILES string of the molecule is COc1ccccc1-n1nc(C)c(/C=C/C(=O)O)c1C. The fourth-order valence-corrected chi connectivity index (χ4v) is 2.09. The first kappa shape index (κ1) is 13.9. The Hall–Kier alpha value is -2.56. The van der Waals surface area contributed by atoms with Gasteiger partial charge >= 0.3 is 5.97 Å². The molecule has 104 valence electrons. The van der Waals surface area contributed by atoms with E-state index in [4.69, 9.17) is 9.84 Å². The molecule has 1 N–H and O–H groups in total. The number of ether oxygens (including phenoxy) is 1. The van der Waals surface area contributed by atoms with Gasteiger partial charge in [-0.05, 0) is 32.1 Å². The van der Waals surface area contributed by atoms with Gasteiger partial charge in [0.2, 0.25) is 0 Å². The van der Waals surface area contributed by atoms with Crippen molar-refractivity contribution in [1.29, 1.82) is 0 Å². The molecule has 0 spiro atoms. The highest BCUT2D eigenvalue weighted by atomic mass is 16.5. The summed E-state index contributed by atoms with van der Waals surface area (Å²) in [5, 5.41) is 13.2. The first-order chi connectivity index (χ1) is 9.54. The molecule has 0 saturated heterocycles. The number of rotatable bonds is 4. The summed E-state index contributed by atoms with van der Waals surface area (Å²) >= 11 is 0. The number of hydrogen-bond donors (Lipinski definition) is 1. The molecule has 1 heterocycles. The van der Waals surface area contributed by atoms with E-state index in [0.29, 0.717) is 5.75 Å². The van der Waals surface area contributed by atoms with Gasteiger partial charge in [0.05, 0.1) is 12.8 Å². The van der Waals surface area contributed by atoms with Gasteiger partial charge in [-0.25, -0.2) is 9.48 Å². The Labute approximate surface area is 117 Å². The zero-order valence-electron chi connectivity index (χ0n) is 11.6. The number of aromatic nitrogens is 2. The summed E-state index contributed by atoms with van der Waals surface area (Å²) < 4.78 is 7.09. The van der Waals surface area contributed by atoms with Crippen LogP contribution in [-0.4, -0.2) is 28.0 Å². The van der Waals surface area contributed by atoms with E-state index in [2.05, 4.69) is 5.10 Å². The molecular weight excluding hydrogens is 256 g/mol. The van der Waals surface area contributed by atoms with Crippen LogP contribution in [0.4, 0.5) is 0 Å². The van der Waals surface area contributed by atoms with Crippen molar-refractivity contribution in [2.45, 2.75) is 13.8 Å². The van der Waals surface area contributed by atoms with Gasteiger partial charge in [-0.3, -0.25) is 0 Å². The van der Waals surface area contributed by atoms with Crippen LogP contribution in [0.25, 0.3) is 11.8 Å². The second kappa shape index (κ2) is 5.61. The number of para-hydroxylation sites is 2. The zero-order chi connectivity index (χ0) is 14.7. The zero-order valence-corrected chi connectivity index (χ0v) is 11.6. The van der Waals surface area contributed by atoms with Crippen LogP contribution in [0, 0.1) is 13.8 Å². The summed E-state index contributed by atoms with van der Waals surface area (Å²) in [6.07, 6.45) is 2.68. The molecular formula is C15H16N2O3. The van der Waals surface area contributed by atoms with Gasteiger partial charge in [0.25, 0.3) is 0 Å². The van der Waals surface area contributed by atoms with Crippen LogP contribution in [0.5, 0.6) is 5.75 Å². The Morgan fingerprint density at radius 3 is 2.70 bits per heavy atom. The van der Waals surface area contributed by atoms with E-state index in [1.165, 1.54) is 0 Å². The summed E-state index contributed by atoms with van der Waals surface area (Å²) in [6.45, 7) is 3.74. The van der Waals surface area contributed by atoms with Gasteiger partial charge in [-0.15, -0.1) is 0 Å². The average Bonchev–Trinajstić information content (AvgIpc) is 2.71. The number of benzene rings is 1. The molecule has 1 aromatic carbocycles. The molecule has 0 saturated carbocycles. The van der Waals surface area contributed by atoms with Gasteiger partial charge < -0.3 is 9.84 Å². The minimum atomic E-state index is -0.978. The molecule has 1 aromatic heterocycles. The molecule has 0 aliphatic carbocycles. The molecule has 0 radical (unpaired) electrons. The Balaban J connectivity index is 2.54. The standard InChI is InChI=1S/C15H16N2O3/c1-10-12(8-9-15(18)19)11(2)17(16-10)13-6-4-5-7-14(13)20-3/h4-9H,1-3H3,(H,18,19)/b9-8+.